The summed E-state index contributed by atoms with van der Waals surface area (Å²) in [4.78, 5) is 4.09. The molecule has 0 spiro atoms. The smallest absolute Gasteiger partial charge is 0.223 e. The molecule has 1 aromatic carbocycles. The third-order valence-electron chi connectivity index (χ3n) is 2.76. The number of rotatable bonds is 6. The molecule has 1 aromatic heterocycles. The molecule has 0 fully saturated rings. The maximum absolute atomic E-state index is 13.7. The van der Waals surface area contributed by atoms with Gasteiger partial charge in [0.2, 0.25) is 11.7 Å². The Kier molecular flexibility index (Phi) is 5.64. The molecule has 1 N–H and O–H groups in total. The zero-order valence-electron chi connectivity index (χ0n) is 11.5. The molecule has 3 nitrogen and oxygen atoms in total. The first-order valence-corrected chi connectivity index (χ1v) is 7.38. The lowest BCUT2D eigenvalue weighted by Crippen LogP contribution is -2.14. The third kappa shape index (κ3) is 4.22. The minimum absolute atomic E-state index is 0.197. The molecule has 0 saturated heterocycles. The first-order valence-electron chi connectivity index (χ1n) is 6.58. The van der Waals surface area contributed by atoms with E-state index in [4.69, 9.17) is 4.74 Å². The quantitative estimate of drug-likeness (QED) is 0.614. The average Bonchev–Trinajstić information content (AvgIpc) is 2.46. The molecule has 0 saturated carbocycles. The van der Waals surface area contributed by atoms with Gasteiger partial charge in [0, 0.05) is 22.8 Å². The predicted octanol–water partition coefficient (Wildman–Crippen LogP) is 4.41. The van der Waals surface area contributed by atoms with Crippen molar-refractivity contribution in [2.24, 2.45) is 0 Å². The predicted molar refractivity (Wildman–Crippen MR) is 80.4 cm³/mol. The van der Waals surface area contributed by atoms with Crippen LogP contribution in [-0.4, -0.2) is 11.5 Å². The fourth-order valence-electron chi connectivity index (χ4n) is 1.76. The van der Waals surface area contributed by atoms with Crippen LogP contribution in [0.2, 0.25) is 0 Å². The van der Waals surface area contributed by atoms with Crippen molar-refractivity contribution in [2.75, 3.05) is 6.54 Å². The van der Waals surface area contributed by atoms with Crippen LogP contribution in [0.3, 0.4) is 0 Å². The topological polar surface area (TPSA) is 34.2 Å². The van der Waals surface area contributed by atoms with Crippen LogP contribution >= 0.6 is 15.9 Å². The van der Waals surface area contributed by atoms with E-state index in [-0.39, 0.29) is 11.6 Å². The van der Waals surface area contributed by atoms with E-state index in [1.165, 1.54) is 6.07 Å². The van der Waals surface area contributed by atoms with Crippen molar-refractivity contribution >= 4 is 15.9 Å². The molecule has 2 aromatic rings. The molecule has 0 bridgehead atoms. The maximum Gasteiger partial charge on any atom is 0.223 e. The van der Waals surface area contributed by atoms with Gasteiger partial charge in [-0.15, -0.1) is 0 Å². The van der Waals surface area contributed by atoms with E-state index in [9.17, 15) is 8.78 Å². The van der Waals surface area contributed by atoms with Crippen molar-refractivity contribution in [1.29, 1.82) is 0 Å². The van der Waals surface area contributed by atoms with Crippen molar-refractivity contribution in [3.8, 4) is 11.6 Å². The summed E-state index contributed by atoms with van der Waals surface area (Å²) in [5, 5.41) is 3.22. The fraction of sp³-hybridized carbons (Fsp3) is 0.267. The minimum atomic E-state index is -1.03. The van der Waals surface area contributed by atoms with Gasteiger partial charge < -0.3 is 10.1 Å². The summed E-state index contributed by atoms with van der Waals surface area (Å²) in [5.41, 5.74) is 0.783. The molecule has 0 amide bonds. The van der Waals surface area contributed by atoms with Crippen molar-refractivity contribution < 1.29 is 13.5 Å². The first-order chi connectivity index (χ1) is 10.1. The van der Waals surface area contributed by atoms with Crippen LogP contribution < -0.4 is 10.1 Å². The normalized spacial score (nSPS) is 10.7. The van der Waals surface area contributed by atoms with Crippen LogP contribution in [0.15, 0.2) is 34.9 Å². The summed E-state index contributed by atoms with van der Waals surface area (Å²) in [6, 6.07) is 6.02. The van der Waals surface area contributed by atoms with Crippen molar-refractivity contribution in [1.82, 2.24) is 10.3 Å². The highest BCUT2D eigenvalue weighted by molar-refractivity contribution is 9.10. The van der Waals surface area contributed by atoms with Gasteiger partial charge >= 0.3 is 0 Å². The second kappa shape index (κ2) is 7.47. The first kappa shape index (κ1) is 15.9. The lowest BCUT2D eigenvalue weighted by atomic mass is 10.2. The van der Waals surface area contributed by atoms with Gasteiger partial charge in [0.25, 0.3) is 0 Å². The number of benzene rings is 1. The largest absolute Gasteiger partial charge is 0.435 e. The number of hydrogen-bond acceptors (Lipinski definition) is 3. The number of pyridine rings is 1. The Balaban J connectivity index is 2.23. The molecule has 0 aliphatic heterocycles. The van der Waals surface area contributed by atoms with E-state index in [0.29, 0.717) is 11.0 Å². The Hall–Kier alpha value is -1.53. The molecule has 6 heteroatoms. The molecule has 1 heterocycles. The molecule has 112 valence electrons. The molecule has 0 aliphatic rings. The Labute approximate surface area is 130 Å². The molecule has 0 unspecified atom stereocenters. The minimum Gasteiger partial charge on any atom is -0.435 e. The lowest BCUT2D eigenvalue weighted by Gasteiger charge is -2.11. The van der Waals surface area contributed by atoms with Gasteiger partial charge in [0.05, 0.1) is 0 Å². The number of hydrogen-bond donors (Lipinski definition) is 1. The van der Waals surface area contributed by atoms with Gasteiger partial charge in [-0.2, -0.15) is 4.39 Å². The Morgan fingerprint density at radius 1 is 1.33 bits per heavy atom. The molecular weight excluding hydrogens is 342 g/mol. The van der Waals surface area contributed by atoms with Crippen molar-refractivity contribution in [3.05, 3.63) is 52.1 Å². The SMILES string of the molecule is CCCNCc1cccnc1Oc1cc(Br)cc(F)c1F. The molecule has 21 heavy (non-hydrogen) atoms. The standard InChI is InChI=1S/C15H15BrF2N2O/c1-2-5-19-9-10-4-3-6-20-15(10)21-13-8-11(16)7-12(17)14(13)18/h3-4,6-8,19H,2,5,9H2,1H3. The van der Waals surface area contributed by atoms with E-state index < -0.39 is 11.6 Å². The molecule has 0 aliphatic carbocycles. The van der Waals surface area contributed by atoms with E-state index in [2.05, 4.69) is 33.2 Å². The fourth-order valence-corrected chi connectivity index (χ4v) is 2.17. The van der Waals surface area contributed by atoms with Gasteiger partial charge in [-0.1, -0.05) is 28.9 Å². The summed E-state index contributed by atoms with van der Waals surface area (Å²) in [5.74, 6) is -1.94. The second-order valence-corrected chi connectivity index (χ2v) is 5.36. The molecule has 0 atom stereocenters. The highest BCUT2D eigenvalue weighted by atomic mass is 79.9. The van der Waals surface area contributed by atoms with Crippen LogP contribution in [0.5, 0.6) is 11.6 Å². The van der Waals surface area contributed by atoms with E-state index in [0.717, 1.165) is 24.6 Å². The maximum atomic E-state index is 13.7. The summed E-state index contributed by atoms with van der Waals surface area (Å²) in [6.07, 6.45) is 2.55. The second-order valence-electron chi connectivity index (χ2n) is 4.45. The van der Waals surface area contributed by atoms with Crippen LogP contribution in [0.25, 0.3) is 0 Å². The number of nitrogens with zero attached hydrogens (tertiary/aromatic N) is 1. The van der Waals surface area contributed by atoms with Gasteiger partial charge in [0.15, 0.2) is 11.6 Å². The molecular formula is C15H15BrF2N2O. The van der Waals surface area contributed by atoms with Crippen molar-refractivity contribution in [2.45, 2.75) is 19.9 Å². The average molecular weight is 357 g/mol. The zero-order valence-corrected chi connectivity index (χ0v) is 13.1. The van der Waals surface area contributed by atoms with Gasteiger partial charge in [-0.25, -0.2) is 9.37 Å². The zero-order chi connectivity index (χ0) is 15.2. The van der Waals surface area contributed by atoms with E-state index in [1.54, 1.807) is 12.3 Å². The summed E-state index contributed by atoms with van der Waals surface area (Å²) < 4.78 is 33.0. The van der Waals surface area contributed by atoms with Gasteiger partial charge in [0.1, 0.15) is 0 Å². The van der Waals surface area contributed by atoms with Crippen LogP contribution in [0.4, 0.5) is 8.78 Å². The number of aromatic nitrogens is 1. The number of ether oxygens (including phenoxy) is 1. The summed E-state index contributed by atoms with van der Waals surface area (Å²) in [7, 11) is 0. The summed E-state index contributed by atoms with van der Waals surface area (Å²) in [6.45, 7) is 3.47. The highest BCUT2D eigenvalue weighted by Crippen LogP contribution is 2.30. The lowest BCUT2D eigenvalue weighted by molar-refractivity contribution is 0.400. The Bertz CT molecular complexity index is 623. The Morgan fingerprint density at radius 3 is 2.90 bits per heavy atom. The van der Waals surface area contributed by atoms with Crippen LogP contribution in [0.1, 0.15) is 18.9 Å². The third-order valence-corrected chi connectivity index (χ3v) is 3.22. The van der Waals surface area contributed by atoms with Gasteiger partial charge in [-0.3, -0.25) is 0 Å². The summed E-state index contributed by atoms with van der Waals surface area (Å²) >= 11 is 3.11. The van der Waals surface area contributed by atoms with Gasteiger partial charge in [-0.05, 0) is 31.2 Å². The van der Waals surface area contributed by atoms with Crippen LogP contribution in [-0.2, 0) is 6.54 Å². The number of nitrogens with one attached hydrogen (secondary N) is 1. The highest BCUT2D eigenvalue weighted by Gasteiger charge is 2.14. The van der Waals surface area contributed by atoms with E-state index in [1.807, 2.05) is 6.07 Å². The van der Waals surface area contributed by atoms with E-state index >= 15 is 0 Å². The van der Waals surface area contributed by atoms with Crippen molar-refractivity contribution in [3.63, 3.8) is 0 Å². The number of halogens is 3. The molecule has 2 rings (SSSR count). The monoisotopic (exact) mass is 356 g/mol. The Morgan fingerprint density at radius 2 is 2.14 bits per heavy atom. The molecule has 0 radical (unpaired) electrons. The van der Waals surface area contributed by atoms with Crippen LogP contribution in [0, 0.1) is 11.6 Å².